The van der Waals surface area contributed by atoms with Crippen LogP contribution in [-0.4, -0.2) is 43.6 Å². The summed E-state index contributed by atoms with van der Waals surface area (Å²) in [5.74, 6) is -0.397. The molecule has 126 valence electrons. The molecule has 0 radical (unpaired) electrons. The number of piperidine rings is 1. The van der Waals surface area contributed by atoms with E-state index in [0.29, 0.717) is 31.0 Å². The number of esters is 1. The summed E-state index contributed by atoms with van der Waals surface area (Å²) in [7, 11) is 1.46. The molecule has 0 unspecified atom stereocenters. The lowest BCUT2D eigenvalue weighted by atomic mass is 9.97. The quantitative estimate of drug-likeness (QED) is 0.772. The lowest BCUT2D eigenvalue weighted by Crippen LogP contribution is -2.42. The molecule has 1 aromatic carbocycles. The summed E-state index contributed by atoms with van der Waals surface area (Å²) in [6, 6.07) is 3.06. The van der Waals surface area contributed by atoms with Gasteiger partial charge in [-0.3, -0.25) is 9.59 Å². The van der Waals surface area contributed by atoms with E-state index in [1.54, 1.807) is 11.8 Å². The van der Waals surface area contributed by atoms with Crippen LogP contribution in [0.4, 0.5) is 0 Å². The molecule has 0 spiro atoms. The molecular formula is C16H19Cl2NO4. The predicted octanol–water partition coefficient (Wildman–Crippen LogP) is 3.42. The molecule has 0 aromatic heterocycles. The number of benzene rings is 1. The molecule has 1 heterocycles. The summed E-state index contributed by atoms with van der Waals surface area (Å²) in [4.78, 5) is 26.2. The maximum absolute atomic E-state index is 12.6. The van der Waals surface area contributed by atoms with E-state index in [1.165, 1.54) is 19.2 Å². The molecule has 1 atom stereocenters. The van der Waals surface area contributed by atoms with E-state index in [2.05, 4.69) is 0 Å². The van der Waals surface area contributed by atoms with Crippen LogP contribution < -0.4 is 4.74 Å². The van der Waals surface area contributed by atoms with Gasteiger partial charge >= 0.3 is 5.97 Å². The molecule has 1 aliphatic heterocycles. The summed E-state index contributed by atoms with van der Waals surface area (Å²) in [5, 5.41) is 0.560. The van der Waals surface area contributed by atoms with Crippen LogP contribution in [0.5, 0.6) is 5.75 Å². The predicted molar refractivity (Wildman–Crippen MR) is 88.3 cm³/mol. The fourth-order valence-electron chi connectivity index (χ4n) is 2.68. The second-order valence-corrected chi connectivity index (χ2v) is 6.13. The van der Waals surface area contributed by atoms with Gasteiger partial charge in [0.1, 0.15) is 0 Å². The summed E-state index contributed by atoms with van der Waals surface area (Å²) >= 11 is 12.2. The average Bonchev–Trinajstić information content (AvgIpc) is 2.54. The zero-order valence-electron chi connectivity index (χ0n) is 13.1. The molecule has 1 aromatic rings. The van der Waals surface area contributed by atoms with Gasteiger partial charge in [0.2, 0.25) is 0 Å². The van der Waals surface area contributed by atoms with Crippen LogP contribution in [0.15, 0.2) is 12.1 Å². The number of carbonyl (C=O) groups is 2. The van der Waals surface area contributed by atoms with Crippen molar-refractivity contribution < 1.29 is 19.1 Å². The molecule has 5 nitrogen and oxygen atoms in total. The summed E-state index contributed by atoms with van der Waals surface area (Å²) in [6.07, 6.45) is 1.49. The molecule has 0 N–H and O–H groups in total. The van der Waals surface area contributed by atoms with Crippen molar-refractivity contribution in [2.24, 2.45) is 5.92 Å². The van der Waals surface area contributed by atoms with Crippen LogP contribution in [0.25, 0.3) is 0 Å². The first-order valence-electron chi connectivity index (χ1n) is 7.46. The largest absolute Gasteiger partial charge is 0.494 e. The molecule has 0 aliphatic carbocycles. The Morgan fingerprint density at radius 2 is 1.96 bits per heavy atom. The fraction of sp³-hybridized carbons (Fsp3) is 0.500. The maximum atomic E-state index is 12.6. The van der Waals surface area contributed by atoms with Gasteiger partial charge in [-0.25, -0.2) is 0 Å². The zero-order valence-corrected chi connectivity index (χ0v) is 14.6. The Morgan fingerprint density at radius 3 is 2.52 bits per heavy atom. The Labute approximate surface area is 145 Å². The zero-order chi connectivity index (χ0) is 17.0. The molecule has 7 heteroatoms. The highest BCUT2D eigenvalue weighted by atomic mass is 35.5. The third kappa shape index (κ3) is 4.09. The van der Waals surface area contributed by atoms with Gasteiger partial charge in [-0.2, -0.15) is 0 Å². The van der Waals surface area contributed by atoms with Crippen LogP contribution in [0, 0.1) is 5.92 Å². The van der Waals surface area contributed by atoms with Crippen molar-refractivity contribution in [3.05, 3.63) is 27.7 Å². The second kappa shape index (κ2) is 7.88. The highest BCUT2D eigenvalue weighted by Gasteiger charge is 2.30. The molecule has 1 fully saturated rings. The standard InChI is InChI=1S/C16H19Cl2NO4/c1-3-23-16(21)10-5-4-6-19(9-10)15(20)11-7-12(17)14(22-2)13(18)8-11/h7-8,10H,3-6,9H2,1-2H3/t10-/m0/s1. The van der Waals surface area contributed by atoms with Crippen molar-refractivity contribution in [1.82, 2.24) is 4.90 Å². The van der Waals surface area contributed by atoms with E-state index in [-0.39, 0.29) is 27.8 Å². The van der Waals surface area contributed by atoms with Crippen LogP contribution >= 0.6 is 23.2 Å². The van der Waals surface area contributed by atoms with Gasteiger partial charge in [-0.1, -0.05) is 23.2 Å². The van der Waals surface area contributed by atoms with Crippen LogP contribution in [0.3, 0.4) is 0 Å². The first-order valence-corrected chi connectivity index (χ1v) is 8.22. The molecule has 1 saturated heterocycles. The molecule has 2 rings (SSSR count). The fourth-order valence-corrected chi connectivity index (χ4v) is 3.32. The number of amides is 1. The Balaban J connectivity index is 2.15. The monoisotopic (exact) mass is 359 g/mol. The normalized spacial score (nSPS) is 17.7. The Morgan fingerprint density at radius 1 is 1.30 bits per heavy atom. The summed E-state index contributed by atoms with van der Waals surface area (Å²) in [5.41, 5.74) is 0.380. The topological polar surface area (TPSA) is 55.8 Å². The molecular weight excluding hydrogens is 341 g/mol. The molecule has 23 heavy (non-hydrogen) atoms. The third-order valence-corrected chi connectivity index (χ3v) is 4.34. The minimum atomic E-state index is -0.281. The Bertz CT molecular complexity index is 583. The van der Waals surface area contributed by atoms with E-state index in [1.807, 2.05) is 0 Å². The van der Waals surface area contributed by atoms with E-state index in [4.69, 9.17) is 32.7 Å². The molecule has 0 saturated carbocycles. The number of hydrogen-bond acceptors (Lipinski definition) is 4. The van der Waals surface area contributed by atoms with E-state index in [0.717, 1.165) is 12.8 Å². The van der Waals surface area contributed by atoms with Crippen LogP contribution in [-0.2, 0) is 9.53 Å². The first kappa shape index (κ1) is 17.9. The average molecular weight is 360 g/mol. The van der Waals surface area contributed by atoms with E-state index in [9.17, 15) is 9.59 Å². The van der Waals surface area contributed by atoms with Gasteiger partial charge in [0.15, 0.2) is 5.75 Å². The van der Waals surface area contributed by atoms with Gasteiger partial charge in [0, 0.05) is 18.7 Å². The highest BCUT2D eigenvalue weighted by molar-refractivity contribution is 6.37. The number of rotatable bonds is 4. The first-order chi connectivity index (χ1) is 11.0. The number of nitrogens with zero attached hydrogens (tertiary/aromatic N) is 1. The molecule has 1 aliphatic rings. The molecule has 1 amide bonds. The number of methoxy groups -OCH3 is 1. The lowest BCUT2D eigenvalue weighted by molar-refractivity contribution is -0.149. The Hall–Kier alpha value is -1.46. The van der Waals surface area contributed by atoms with Gasteiger partial charge in [0.05, 0.1) is 29.7 Å². The maximum Gasteiger partial charge on any atom is 0.310 e. The highest BCUT2D eigenvalue weighted by Crippen LogP contribution is 2.34. The van der Waals surface area contributed by atoms with E-state index >= 15 is 0 Å². The molecule has 0 bridgehead atoms. The minimum absolute atomic E-state index is 0.203. The van der Waals surface area contributed by atoms with Crippen molar-refractivity contribution in [2.75, 3.05) is 26.8 Å². The van der Waals surface area contributed by atoms with Crippen molar-refractivity contribution >= 4 is 35.1 Å². The van der Waals surface area contributed by atoms with E-state index < -0.39 is 0 Å². The number of ether oxygens (including phenoxy) is 2. The lowest BCUT2D eigenvalue weighted by Gasteiger charge is -2.31. The second-order valence-electron chi connectivity index (χ2n) is 5.32. The van der Waals surface area contributed by atoms with Crippen molar-refractivity contribution in [1.29, 1.82) is 0 Å². The van der Waals surface area contributed by atoms with Crippen LogP contribution in [0.2, 0.25) is 10.0 Å². The number of carbonyl (C=O) groups excluding carboxylic acids is 2. The van der Waals surface area contributed by atoms with Gasteiger partial charge in [-0.15, -0.1) is 0 Å². The summed E-state index contributed by atoms with van der Waals surface area (Å²) in [6.45, 7) is 3.05. The van der Waals surface area contributed by atoms with Gasteiger partial charge in [0.25, 0.3) is 5.91 Å². The number of hydrogen-bond donors (Lipinski definition) is 0. The van der Waals surface area contributed by atoms with Crippen molar-refractivity contribution in [3.8, 4) is 5.75 Å². The van der Waals surface area contributed by atoms with Crippen molar-refractivity contribution in [2.45, 2.75) is 19.8 Å². The van der Waals surface area contributed by atoms with Gasteiger partial charge < -0.3 is 14.4 Å². The van der Waals surface area contributed by atoms with Crippen molar-refractivity contribution in [3.63, 3.8) is 0 Å². The third-order valence-electron chi connectivity index (χ3n) is 3.78. The smallest absolute Gasteiger partial charge is 0.310 e. The minimum Gasteiger partial charge on any atom is -0.494 e. The SMILES string of the molecule is CCOC(=O)[C@H]1CCCN(C(=O)c2cc(Cl)c(OC)c(Cl)c2)C1. The van der Waals surface area contributed by atoms with Gasteiger partial charge in [-0.05, 0) is 31.9 Å². The van der Waals surface area contributed by atoms with Crippen LogP contribution in [0.1, 0.15) is 30.1 Å². The number of halogens is 2. The Kier molecular flexibility index (Phi) is 6.13. The number of likely N-dealkylation sites (tertiary alicyclic amines) is 1. The summed E-state index contributed by atoms with van der Waals surface area (Å²) < 4.78 is 10.1.